The summed E-state index contributed by atoms with van der Waals surface area (Å²) in [6.45, 7) is 0.378. The number of aromatic nitrogens is 1. The van der Waals surface area contributed by atoms with Gasteiger partial charge in [0.1, 0.15) is 0 Å². The van der Waals surface area contributed by atoms with Gasteiger partial charge in [0, 0.05) is 28.9 Å². The SMILES string of the molecule is NNc1ncc(CN2C(=O)Cc3cc([N+](=O)[O-])ccc32)s1. The second-order valence-electron chi connectivity index (χ2n) is 4.50. The second-order valence-corrected chi connectivity index (χ2v) is 5.62. The monoisotopic (exact) mass is 305 g/mol. The zero-order chi connectivity index (χ0) is 15.0. The van der Waals surface area contributed by atoms with E-state index >= 15 is 0 Å². The van der Waals surface area contributed by atoms with Gasteiger partial charge in [0.15, 0.2) is 5.13 Å². The molecule has 2 heterocycles. The van der Waals surface area contributed by atoms with Crippen molar-refractivity contribution in [3.8, 4) is 0 Å². The van der Waals surface area contributed by atoms with Crippen LogP contribution in [0, 0.1) is 10.1 Å². The van der Waals surface area contributed by atoms with Crippen LogP contribution in [-0.2, 0) is 17.8 Å². The number of amides is 1. The number of hydrogen-bond acceptors (Lipinski definition) is 7. The van der Waals surface area contributed by atoms with Crippen molar-refractivity contribution in [2.24, 2.45) is 5.84 Å². The molecule has 0 fully saturated rings. The van der Waals surface area contributed by atoms with Crippen molar-refractivity contribution in [3.05, 3.63) is 45.0 Å². The van der Waals surface area contributed by atoms with Gasteiger partial charge in [-0.05, 0) is 11.6 Å². The Kier molecular flexibility index (Phi) is 3.28. The largest absolute Gasteiger partial charge is 0.307 e. The fourth-order valence-electron chi connectivity index (χ4n) is 2.26. The molecule has 0 saturated carbocycles. The third-order valence-corrected chi connectivity index (χ3v) is 4.11. The number of non-ortho nitro benzene ring substituents is 1. The van der Waals surface area contributed by atoms with E-state index in [1.165, 1.54) is 23.5 Å². The first kappa shape index (κ1) is 13.5. The number of hydrazine groups is 1. The quantitative estimate of drug-likeness (QED) is 0.501. The number of hydrogen-bond donors (Lipinski definition) is 2. The first-order valence-corrected chi connectivity index (χ1v) is 6.89. The molecule has 1 aliphatic rings. The molecule has 0 radical (unpaired) electrons. The van der Waals surface area contributed by atoms with Crippen molar-refractivity contribution >= 4 is 33.8 Å². The predicted octanol–water partition coefficient (Wildman–Crippen LogP) is 1.43. The summed E-state index contributed by atoms with van der Waals surface area (Å²) in [6, 6.07) is 4.47. The summed E-state index contributed by atoms with van der Waals surface area (Å²) in [5.74, 6) is 5.19. The van der Waals surface area contributed by atoms with Crippen LogP contribution in [-0.4, -0.2) is 15.8 Å². The zero-order valence-corrected chi connectivity index (χ0v) is 11.6. The van der Waals surface area contributed by atoms with Gasteiger partial charge in [0.05, 0.1) is 17.9 Å². The molecule has 0 saturated heterocycles. The van der Waals surface area contributed by atoms with E-state index in [0.717, 1.165) is 4.88 Å². The first-order chi connectivity index (χ1) is 10.1. The first-order valence-electron chi connectivity index (χ1n) is 6.07. The van der Waals surface area contributed by atoms with Crippen LogP contribution >= 0.6 is 11.3 Å². The number of nitrogens with two attached hydrogens (primary N) is 1. The molecule has 0 spiro atoms. The Morgan fingerprint density at radius 2 is 2.33 bits per heavy atom. The summed E-state index contributed by atoms with van der Waals surface area (Å²) in [6.07, 6.45) is 1.83. The Hall–Kier alpha value is -2.52. The normalized spacial score (nSPS) is 13.4. The van der Waals surface area contributed by atoms with Crippen LogP contribution in [0.5, 0.6) is 0 Å². The highest BCUT2D eigenvalue weighted by atomic mass is 32.1. The number of nitrogens with zero attached hydrogens (tertiary/aromatic N) is 3. The van der Waals surface area contributed by atoms with Crippen LogP contribution in [0.4, 0.5) is 16.5 Å². The van der Waals surface area contributed by atoms with E-state index < -0.39 is 4.92 Å². The molecule has 1 aliphatic heterocycles. The third-order valence-electron chi connectivity index (χ3n) is 3.20. The third kappa shape index (κ3) is 2.43. The van der Waals surface area contributed by atoms with E-state index in [2.05, 4.69) is 10.4 Å². The summed E-state index contributed by atoms with van der Waals surface area (Å²) < 4.78 is 0. The molecule has 3 rings (SSSR count). The zero-order valence-electron chi connectivity index (χ0n) is 10.8. The summed E-state index contributed by atoms with van der Waals surface area (Å²) in [5.41, 5.74) is 3.83. The van der Waals surface area contributed by atoms with E-state index in [9.17, 15) is 14.9 Å². The fraction of sp³-hybridized carbons (Fsp3) is 0.167. The number of rotatable bonds is 4. The van der Waals surface area contributed by atoms with Crippen LogP contribution in [0.1, 0.15) is 10.4 Å². The second kappa shape index (κ2) is 5.11. The number of nitro groups is 1. The minimum absolute atomic E-state index is 0.00388. The molecule has 0 atom stereocenters. The molecule has 8 nitrogen and oxygen atoms in total. The van der Waals surface area contributed by atoms with Crippen molar-refractivity contribution in [3.63, 3.8) is 0 Å². The molecule has 1 amide bonds. The number of carbonyl (C=O) groups excluding carboxylic acids is 1. The minimum Gasteiger partial charge on any atom is -0.307 e. The highest BCUT2D eigenvalue weighted by molar-refractivity contribution is 7.15. The lowest BCUT2D eigenvalue weighted by Crippen LogP contribution is -2.25. The van der Waals surface area contributed by atoms with E-state index in [4.69, 9.17) is 5.84 Å². The summed E-state index contributed by atoms with van der Waals surface area (Å²) in [4.78, 5) is 28.9. The Bertz CT molecular complexity index is 729. The number of carbonyl (C=O) groups is 1. The lowest BCUT2D eigenvalue weighted by atomic mass is 10.1. The van der Waals surface area contributed by atoms with Gasteiger partial charge in [-0.15, -0.1) is 0 Å². The minimum atomic E-state index is -0.462. The fourth-order valence-corrected chi connectivity index (χ4v) is 2.97. The van der Waals surface area contributed by atoms with E-state index in [-0.39, 0.29) is 18.0 Å². The van der Waals surface area contributed by atoms with Crippen LogP contribution in [0.2, 0.25) is 0 Å². The van der Waals surface area contributed by atoms with Crippen molar-refractivity contribution in [2.75, 3.05) is 10.3 Å². The summed E-state index contributed by atoms with van der Waals surface area (Å²) in [7, 11) is 0. The van der Waals surface area contributed by atoms with E-state index in [1.54, 1.807) is 17.2 Å². The molecule has 0 aliphatic carbocycles. The maximum atomic E-state index is 12.1. The van der Waals surface area contributed by atoms with Gasteiger partial charge in [0.25, 0.3) is 5.69 Å². The van der Waals surface area contributed by atoms with Crippen LogP contribution in [0.15, 0.2) is 24.4 Å². The number of benzene rings is 1. The molecule has 9 heteroatoms. The highest BCUT2D eigenvalue weighted by Gasteiger charge is 2.29. The Balaban J connectivity index is 1.88. The number of nitro benzene ring substituents is 1. The van der Waals surface area contributed by atoms with Gasteiger partial charge in [-0.2, -0.15) is 0 Å². The number of nitrogens with one attached hydrogen (secondary N) is 1. The number of fused-ring (bicyclic) bond motifs is 1. The van der Waals surface area contributed by atoms with Gasteiger partial charge in [-0.3, -0.25) is 20.3 Å². The van der Waals surface area contributed by atoms with Crippen molar-refractivity contribution in [2.45, 2.75) is 13.0 Å². The van der Waals surface area contributed by atoms with Crippen LogP contribution in [0.25, 0.3) is 0 Å². The Morgan fingerprint density at radius 3 is 3.00 bits per heavy atom. The molecule has 21 heavy (non-hydrogen) atoms. The van der Waals surface area contributed by atoms with Crippen molar-refractivity contribution in [1.29, 1.82) is 0 Å². The van der Waals surface area contributed by atoms with Gasteiger partial charge < -0.3 is 4.90 Å². The average molecular weight is 305 g/mol. The molecule has 1 aromatic carbocycles. The Morgan fingerprint density at radius 1 is 1.52 bits per heavy atom. The van der Waals surface area contributed by atoms with Crippen LogP contribution < -0.4 is 16.2 Å². The molecular weight excluding hydrogens is 294 g/mol. The summed E-state index contributed by atoms with van der Waals surface area (Å²) >= 11 is 1.36. The van der Waals surface area contributed by atoms with Crippen molar-refractivity contribution in [1.82, 2.24) is 4.98 Å². The van der Waals surface area contributed by atoms with E-state index in [1.807, 2.05) is 0 Å². The topological polar surface area (TPSA) is 114 Å². The number of anilines is 2. The molecule has 1 aromatic heterocycles. The lowest BCUT2D eigenvalue weighted by Gasteiger charge is -2.15. The molecular formula is C12H11N5O3S. The maximum absolute atomic E-state index is 12.1. The molecule has 0 bridgehead atoms. The number of thiazole rings is 1. The number of nitrogen functional groups attached to an aromatic ring is 1. The maximum Gasteiger partial charge on any atom is 0.269 e. The van der Waals surface area contributed by atoms with Gasteiger partial charge in [0.2, 0.25) is 5.91 Å². The van der Waals surface area contributed by atoms with E-state index in [0.29, 0.717) is 22.9 Å². The van der Waals surface area contributed by atoms with Gasteiger partial charge >= 0.3 is 0 Å². The standard InChI is InChI=1S/C12H11N5O3S/c13-15-12-14-5-9(21-12)6-16-10-2-1-8(17(19)20)3-7(10)4-11(16)18/h1-3,5H,4,6,13H2,(H,14,15). The summed E-state index contributed by atoms with van der Waals surface area (Å²) in [5, 5.41) is 11.3. The molecule has 0 unspecified atom stereocenters. The molecule has 108 valence electrons. The molecule has 3 N–H and O–H groups in total. The van der Waals surface area contributed by atoms with Gasteiger partial charge in [-0.25, -0.2) is 10.8 Å². The van der Waals surface area contributed by atoms with Gasteiger partial charge in [-0.1, -0.05) is 11.3 Å². The van der Waals surface area contributed by atoms with Crippen LogP contribution in [0.3, 0.4) is 0 Å². The van der Waals surface area contributed by atoms with Crippen molar-refractivity contribution < 1.29 is 9.72 Å². The average Bonchev–Trinajstić information content (AvgIpc) is 3.04. The highest BCUT2D eigenvalue weighted by Crippen LogP contribution is 2.33. The lowest BCUT2D eigenvalue weighted by molar-refractivity contribution is -0.384. The Labute approximate surface area is 123 Å². The predicted molar refractivity (Wildman–Crippen MR) is 77.9 cm³/mol. The molecule has 2 aromatic rings. The smallest absolute Gasteiger partial charge is 0.269 e.